The zero-order valence-corrected chi connectivity index (χ0v) is 12.3. The molecular weight excluding hydrogens is 286 g/mol. The number of hydrogen-bond acceptors (Lipinski definition) is 5. The van der Waals surface area contributed by atoms with E-state index in [1.807, 2.05) is 0 Å². The quantitative estimate of drug-likeness (QED) is 0.655. The van der Waals surface area contributed by atoms with Crippen LogP contribution in [0.2, 0.25) is 0 Å². The molecule has 1 heterocycles. The van der Waals surface area contributed by atoms with Gasteiger partial charge in [0.2, 0.25) is 5.91 Å². The van der Waals surface area contributed by atoms with Crippen LogP contribution in [-0.2, 0) is 4.79 Å². The zero-order chi connectivity index (χ0) is 15.2. The van der Waals surface area contributed by atoms with Gasteiger partial charge in [-0.1, -0.05) is 23.9 Å². The summed E-state index contributed by atoms with van der Waals surface area (Å²) >= 11 is 1.31. The number of nitrogens with zero attached hydrogens (tertiary/aromatic N) is 1. The lowest BCUT2D eigenvalue weighted by atomic mass is 10.1. The van der Waals surface area contributed by atoms with E-state index in [0.29, 0.717) is 16.9 Å². The molecule has 1 aromatic carbocycles. The molecule has 0 aliphatic rings. The lowest BCUT2D eigenvalue weighted by Gasteiger charge is -2.08. The standard InChI is InChI=1S/C15H15N3O2S/c1-10(19)12-4-2-3-5-13(12)18-14(20)9-21-15-7-6-11(16)8-17-15/h2-8H,9,16H2,1H3,(H,18,20). The van der Waals surface area contributed by atoms with Crippen LogP contribution in [0.15, 0.2) is 47.6 Å². The first kappa shape index (κ1) is 15.1. The highest BCUT2D eigenvalue weighted by atomic mass is 32.2. The van der Waals surface area contributed by atoms with E-state index in [0.717, 1.165) is 5.03 Å². The number of hydrogen-bond donors (Lipinski definition) is 2. The molecule has 1 aromatic heterocycles. The molecule has 2 aromatic rings. The predicted octanol–water partition coefficient (Wildman–Crippen LogP) is 2.60. The van der Waals surface area contributed by atoms with Crippen molar-refractivity contribution in [1.82, 2.24) is 4.98 Å². The number of para-hydroxylation sites is 1. The molecule has 0 fully saturated rings. The number of rotatable bonds is 5. The number of nitrogens with two attached hydrogens (primary N) is 1. The second-order valence-corrected chi connectivity index (χ2v) is 5.36. The van der Waals surface area contributed by atoms with E-state index in [1.165, 1.54) is 18.7 Å². The first-order chi connectivity index (χ1) is 10.1. The summed E-state index contributed by atoms with van der Waals surface area (Å²) in [6.45, 7) is 1.47. The molecule has 0 aliphatic heterocycles. The number of amides is 1. The van der Waals surface area contributed by atoms with Gasteiger partial charge in [-0.25, -0.2) is 4.98 Å². The van der Waals surface area contributed by atoms with Crippen molar-refractivity contribution in [2.24, 2.45) is 0 Å². The molecule has 3 N–H and O–H groups in total. The second-order valence-electron chi connectivity index (χ2n) is 4.37. The Bertz CT molecular complexity index is 656. The Morgan fingerprint density at radius 1 is 1.24 bits per heavy atom. The molecule has 108 valence electrons. The maximum Gasteiger partial charge on any atom is 0.234 e. The highest BCUT2D eigenvalue weighted by Gasteiger charge is 2.10. The van der Waals surface area contributed by atoms with Crippen LogP contribution in [0.4, 0.5) is 11.4 Å². The van der Waals surface area contributed by atoms with Gasteiger partial charge in [-0.2, -0.15) is 0 Å². The molecule has 0 radical (unpaired) electrons. The normalized spacial score (nSPS) is 10.1. The minimum absolute atomic E-state index is 0.0845. The first-order valence-electron chi connectivity index (χ1n) is 6.30. The second kappa shape index (κ2) is 6.90. The van der Waals surface area contributed by atoms with Crippen LogP contribution in [0.1, 0.15) is 17.3 Å². The van der Waals surface area contributed by atoms with Gasteiger partial charge in [-0.15, -0.1) is 0 Å². The Balaban J connectivity index is 1.96. The van der Waals surface area contributed by atoms with Crippen molar-refractivity contribution in [3.05, 3.63) is 48.2 Å². The number of benzene rings is 1. The summed E-state index contributed by atoms with van der Waals surface area (Å²) in [5.41, 5.74) is 7.16. The van der Waals surface area contributed by atoms with Crippen LogP contribution in [0.3, 0.4) is 0 Å². The van der Waals surface area contributed by atoms with Gasteiger partial charge in [0.1, 0.15) is 0 Å². The van der Waals surface area contributed by atoms with Crippen LogP contribution < -0.4 is 11.1 Å². The van der Waals surface area contributed by atoms with Crippen molar-refractivity contribution in [2.75, 3.05) is 16.8 Å². The summed E-state index contributed by atoms with van der Waals surface area (Å²) in [7, 11) is 0. The average Bonchev–Trinajstić information content (AvgIpc) is 2.47. The number of anilines is 2. The molecule has 6 heteroatoms. The van der Waals surface area contributed by atoms with Crippen LogP contribution in [0, 0.1) is 0 Å². The minimum atomic E-state index is -0.188. The average molecular weight is 301 g/mol. The van der Waals surface area contributed by atoms with Gasteiger partial charge < -0.3 is 11.1 Å². The van der Waals surface area contributed by atoms with E-state index in [-0.39, 0.29) is 17.4 Å². The molecule has 2 rings (SSSR count). The Kier molecular flexibility index (Phi) is 4.94. The van der Waals surface area contributed by atoms with E-state index in [1.54, 1.807) is 42.6 Å². The maximum absolute atomic E-state index is 11.9. The van der Waals surface area contributed by atoms with E-state index in [4.69, 9.17) is 5.73 Å². The highest BCUT2D eigenvalue weighted by molar-refractivity contribution is 7.99. The Labute approximate surface area is 127 Å². The van der Waals surface area contributed by atoms with Crippen molar-refractivity contribution in [3.8, 4) is 0 Å². The smallest absolute Gasteiger partial charge is 0.234 e. The predicted molar refractivity (Wildman–Crippen MR) is 84.4 cm³/mol. The summed E-state index contributed by atoms with van der Waals surface area (Å²) in [4.78, 5) is 27.5. The number of nitrogen functional groups attached to an aromatic ring is 1. The molecule has 5 nitrogen and oxygen atoms in total. The maximum atomic E-state index is 11.9. The fourth-order valence-electron chi connectivity index (χ4n) is 1.70. The van der Waals surface area contributed by atoms with E-state index in [9.17, 15) is 9.59 Å². The van der Waals surface area contributed by atoms with Crippen molar-refractivity contribution in [2.45, 2.75) is 11.9 Å². The molecule has 0 saturated carbocycles. The van der Waals surface area contributed by atoms with Gasteiger partial charge in [0, 0.05) is 5.56 Å². The minimum Gasteiger partial charge on any atom is -0.397 e. The van der Waals surface area contributed by atoms with Crippen LogP contribution in [0.25, 0.3) is 0 Å². The fraction of sp³-hybridized carbons (Fsp3) is 0.133. The van der Waals surface area contributed by atoms with Gasteiger partial charge >= 0.3 is 0 Å². The van der Waals surface area contributed by atoms with Crippen molar-refractivity contribution < 1.29 is 9.59 Å². The van der Waals surface area contributed by atoms with Gasteiger partial charge in [0.25, 0.3) is 0 Å². The highest BCUT2D eigenvalue weighted by Crippen LogP contribution is 2.18. The van der Waals surface area contributed by atoms with Crippen molar-refractivity contribution >= 4 is 34.8 Å². The number of carbonyl (C=O) groups excluding carboxylic acids is 2. The summed E-state index contributed by atoms with van der Waals surface area (Å²) < 4.78 is 0. The van der Waals surface area contributed by atoms with Crippen LogP contribution in [0.5, 0.6) is 0 Å². The largest absolute Gasteiger partial charge is 0.397 e. The lowest BCUT2D eigenvalue weighted by molar-refractivity contribution is -0.113. The topological polar surface area (TPSA) is 85.1 Å². The van der Waals surface area contributed by atoms with Crippen molar-refractivity contribution in [1.29, 1.82) is 0 Å². The third-order valence-corrected chi connectivity index (χ3v) is 3.63. The molecule has 0 unspecified atom stereocenters. The van der Waals surface area contributed by atoms with Crippen LogP contribution >= 0.6 is 11.8 Å². The SMILES string of the molecule is CC(=O)c1ccccc1NC(=O)CSc1ccc(N)cn1. The number of carbonyl (C=O) groups is 2. The van der Waals surface area contributed by atoms with Crippen LogP contribution in [-0.4, -0.2) is 22.4 Å². The first-order valence-corrected chi connectivity index (χ1v) is 7.29. The molecule has 21 heavy (non-hydrogen) atoms. The molecule has 0 saturated heterocycles. The van der Waals surface area contributed by atoms with E-state index in [2.05, 4.69) is 10.3 Å². The van der Waals surface area contributed by atoms with Gasteiger partial charge in [-0.05, 0) is 31.2 Å². The summed E-state index contributed by atoms with van der Waals surface area (Å²) in [6.07, 6.45) is 1.55. The third-order valence-electron chi connectivity index (χ3n) is 2.69. The monoisotopic (exact) mass is 301 g/mol. The van der Waals surface area contributed by atoms with Gasteiger partial charge in [-0.3, -0.25) is 9.59 Å². The zero-order valence-electron chi connectivity index (χ0n) is 11.5. The third kappa shape index (κ3) is 4.32. The Morgan fingerprint density at radius 3 is 2.67 bits per heavy atom. The number of nitrogens with one attached hydrogen (secondary N) is 1. The van der Waals surface area contributed by atoms with E-state index >= 15 is 0 Å². The fourth-order valence-corrected chi connectivity index (χ4v) is 2.34. The van der Waals surface area contributed by atoms with E-state index < -0.39 is 0 Å². The molecule has 0 bridgehead atoms. The summed E-state index contributed by atoms with van der Waals surface area (Å²) in [6, 6.07) is 10.4. The Morgan fingerprint density at radius 2 is 2.00 bits per heavy atom. The number of thioether (sulfide) groups is 1. The molecule has 0 aliphatic carbocycles. The van der Waals surface area contributed by atoms with Gasteiger partial charge in [0.05, 0.1) is 28.4 Å². The molecule has 1 amide bonds. The lowest BCUT2D eigenvalue weighted by Crippen LogP contribution is -2.16. The molecular formula is C15H15N3O2S. The summed E-state index contributed by atoms with van der Waals surface area (Å²) in [5.74, 6) is -0.0607. The Hall–Kier alpha value is -2.34. The number of aromatic nitrogens is 1. The molecule has 0 atom stereocenters. The number of Topliss-reactive ketones (excluding diaryl/α,β-unsaturated/α-hetero) is 1. The van der Waals surface area contributed by atoms with Crippen molar-refractivity contribution in [3.63, 3.8) is 0 Å². The van der Waals surface area contributed by atoms with Gasteiger partial charge in [0.15, 0.2) is 5.78 Å². The summed E-state index contributed by atoms with van der Waals surface area (Å²) in [5, 5.41) is 3.46. The number of ketones is 1. The molecule has 0 spiro atoms. The number of pyridine rings is 1.